The molecule has 2 amide bonds. The number of alkyl halides is 2. The lowest BCUT2D eigenvalue weighted by atomic mass is 9.99. The SMILES string of the molecule is Cn1nccc1C1=CC2CCC(C1)N2C(=O)Nc1cc(C#N)ccc1OC(F)F. The van der Waals surface area contributed by atoms with Crippen LogP contribution in [0, 0.1) is 11.3 Å². The minimum atomic E-state index is -3.03. The van der Waals surface area contributed by atoms with Crippen molar-refractivity contribution in [3.8, 4) is 11.8 Å². The Kier molecular flexibility index (Phi) is 4.92. The zero-order chi connectivity index (χ0) is 20.5. The van der Waals surface area contributed by atoms with E-state index in [1.807, 2.05) is 23.9 Å². The summed E-state index contributed by atoms with van der Waals surface area (Å²) in [6, 6.07) is 7.35. The average molecular weight is 399 g/mol. The normalized spacial score (nSPS) is 20.4. The predicted octanol–water partition coefficient (Wildman–Crippen LogP) is 3.75. The van der Waals surface area contributed by atoms with Gasteiger partial charge in [-0.1, -0.05) is 6.08 Å². The Bertz CT molecular complexity index is 1010. The number of hydrogen-bond acceptors (Lipinski definition) is 4. The van der Waals surface area contributed by atoms with Crippen LogP contribution in [-0.4, -0.2) is 39.4 Å². The van der Waals surface area contributed by atoms with Crippen LogP contribution in [0.5, 0.6) is 5.75 Å². The van der Waals surface area contributed by atoms with Gasteiger partial charge in [0.1, 0.15) is 5.75 Å². The van der Waals surface area contributed by atoms with Gasteiger partial charge in [0.15, 0.2) is 0 Å². The maximum absolute atomic E-state index is 13.0. The Labute approximate surface area is 166 Å². The summed E-state index contributed by atoms with van der Waals surface area (Å²) in [7, 11) is 1.88. The van der Waals surface area contributed by atoms with Crippen molar-refractivity contribution in [3.05, 3.63) is 47.8 Å². The van der Waals surface area contributed by atoms with Gasteiger partial charge in [0.25, 0.3) is 0 Å². The fraction of sp³-hybridized carbons (Fsp3) is 0.350. The van der Waals surface area contributed by atoms with Gasteiger partial charge in [-0.15, -0.1) is 0 Å². The number of carbonyl (C=O) groups is 1. The minimum absolute atomic E-state index is 0.00789. The standard InChI is InChI=1S/C20H19F2N5O2/c1-26-17(6-7-24-26)13-9-14-3-4-15(10-13)27(14)20(28)25-16-8-12(11-23)2-5-18(16)29-19(21)22/h2,5-9,14-15,19H,3-4,10H2,1H3,(H,25,28). The van der Waals surface area contributed by atoms with Crippen molar-refractivity contribution in [2.75, 3.05) is 5.32 Å². The van der Waals surface area contributed by atoms with Crippen LogP contribution in [0.3, 0.4) is 0 Å². The molecule has 2 atom stereocenters. The number of urea groups is 1. The number of halogens is 2. The minimum Gasteiger partial charge on any atom is -0.433 e. The lowest BCUT2D eigenvalue weighted by Gasteiger charge is -2.34. The molecule has 150 valence electrons. The fourth-order valence-corrected chi connectivity index (χ4v) is 4.10. The van der Waals surface area contributed by atoms with Gasteiger partial charge in [0, 0.05) is 19.3 Å². The van der Waals surface area contributed by atoms with Crippen molar-refractivity contribution >= 4 is 17.3 Å². The monoisotopic (exact) mass is 399 g/mol. The van der Waals surface area contributed by atoms with Gasteiger partial charge < -0.3 is 15.0 Å². The maximum Gasteiger partial charge on any atom is 0.387 e. The number of ether oxygens (including phenoxy) is 1. The highest BCUT2D eigenvalue weighted by Crippen LogP contribution is 2.39. The van der Waals surface area contributed by atoms with Crippen LogP contribution in [0.15, 0.2) is 36.5 Å². The lowest BCUT2D eigenvalue weighted by molar-refractivity contribution is -0.0493. The molecule has 1 fully saturated rings. The molecule has 0 aliphatic carbocycles. The Morgan fingerprint density at radius 1 is 1.38 bits per heavy atom. The number of amides is 2. The van der Waals surface area contributed by atoms with Crippen molar-refractivity contribution < 1.29 is 18.3 Å². The molecule has 0 saturated carbocycles. The number of hydrogen-bond donors (Lipinski definition) is 1. The van der Waals surface area contributed by atoms with Gasteiger partial charge in [-0.25, -0.2) is 4.79 Å². The van der Waals surface area contributed by atoms with Crippen LogP contribution < -0.4 is 10.1 Å². The number of carbonyl (C=O) groups excluding carboxylic acids is 1. The van der Waals surface area contributed by atoms with E-state index >= 15 is 0 Å². The quantitative estimate of drug-likeness (QED) is 0.849. The van der Waals surface area contributed by atoms with Crippen molar-refractivity contribution in [2.24, 2.45) is 7.05 Å². The summed E-state index contributed by atoms with van der Waals surface area (Å²) in [6.07, 6.45) is 6.20. The molecule has 2 bridgehead atoms. The molecule has 1 saturated heterocycles. The molecule has 1 N–H and O–H groups in total. The highest BCUT2D eigenvalue weighted by molar-refractivity contribution is 5.92. The van der Waals surface area contributed by atoms with E-state index in [1.54, 1.807) is 11.1 Å². The van der Waals surface area contributed by atoms with Gasteiger partial charge in [-0.05, 0) is 49.1 Å². The molecule has 2 unspecified atom stereocenters. The number of nitrogens with one attached hydrogen (secondary N) is 1. The third-order valence-corrected chi connectivity index (χ3v) is 5.35. The summed E-state index contributed by atoms with van der Waals surface area (Å²) in [4.78, 5) is 14.7. The van der Waals surface area contributed by atoms with Crippen molar-refractivity contribution in [2.45, 2.75) is 38.0 Å². The number of nitriles is 1. The summed E-state index contributed by atoms with van der Waals surface area (Å²) < 4.78 is 31.7. The number of benzene rings is 1. The van der Waals surface area contributed by atoms with Crippen LogP contribution in [0.2, 0.25) is 0 Å². The first-order valence-corrected chi connectivity index (χ1v) is 9.23. The number of nitrogens with zero attached hydrogens (tertiary/aromatic N) is 4. The fourth-order valence-electron chi connectivity index (χ4n) is 4.10. The third kappa shape index (κ3) is 3.66. The van der Waals surface area contributed by atoms with E-state index in [2.05, 4.69) is 21.2 Å². The van der Waals surface area contributed by atoms with Crippen LogP contribution in [0.25, 0.3) is 5.57 Å². The molecular formula is C20H19F2N5O2. The number of rotatable bonds is 4. The van der Waals surface area contributed by atoms with E-state index in [4.69, 9.17) is 5.26 Å². The van der Waals surface area contributed by atoms with Gasteiger partial charge in [0.05, 0.1) is 29.1 Å². The second kappa shape index (κ2) is 7.54. The first-order valence-electron chi connectivity index (χ1n) is 9.23. The highest BCUT2D eigenvalue weighted by atomic mass is 19.3. The van der Waals surface area contributed by atoms with Crippen molar-refractivity contribution in [3.63, 3.8) is 0 Å². The summed E-state index contributed by atoms with van der Waals surface area (Å²) in [5.74, 6) is -0.178. The smallest absolute Gasteiger partial charge is 0.387 e. The molecule has 7 nitrogen and oxygen atoms in total. The number of aryl methyl sites for hydroxylation is 1. The summed E-state index contributed by atoms with van der Waals surface area (Å²) in [5.41, 5.74) is 2.46. The van der Waals surface area contributed by atoms with E-state index in [0.717, 1.165) is 24.1 Å². The summed E-state index contributed by atoms with van der Waals surface area (Å²) in [5, 5.41) is 15.9. The van der Waals surface area contributed by atoms with E-state index in [1.165, 1.54) is 18.2 Å². The molecule has 3 heterocycles. The number of aromatic nitrogens is 2. The molecule has 2 aliphatic rings. The van der Waals surface area contributed by atoms with Crippen LogP contribution >= 0.6 is 0 Å². The Morgan fingerprint density at radius 3 is 2.86 bits per heavy atom. The molecular weight excluding hydrogens is 380 g/mol. The van der Waals surface area contributed by atoms with Gasteiger partial charge in [0.2, 0.25) is 0 Å². The maximum atomic E-state index is 13.0. The largest absolute Gasteiger partial charge is 0.433 e. The van der Waals surface area contributed by atoms with E-state index in [-0.39, 0.29) is 29.1 Å². The Hall–Kier alpha value is -3.41. The number of fused-ring (bicyclic) bond motifs is 2. The first kappa shape index (κ1) is 18.9. The molecule has 1 aromatic carbocycles. The number of anilines is 1. The first-order chi connectivity index (χ1) is 14.0. The molecule has 2 aromatic rings. The van der Waals surface area contributed by atoms with Crippen LogP contribution in [-0.2, 0) is 7.05 Å². The molecule has 2 aliphatic heterocycles. The second-order valence-corrected chi connectivity index (χ2v) is 7.07. The average Bonchev–Trinajstić information content (AvgIpc) is 3.23. The lowest BCUT2D eigenvalue weighted by Crippen LogP contribution is -2.45. The zero-order valence-electron chi connectivity index (χ0n) is 15.7. The third-order valence-electron chi connectivity index (χ3n) is 5.35. The molecule has 9 heteroatoms. The molecule has 4 rings (SSSR count). The molecule has 1 aromatic heterocycles. The molecule has 29 heavy (non-hydrogen) atoms. The topological polar surface area (TPSA) is 83.2 Å². The van der Waals surface area contributed by atoms with Gasteiger partial charge >= 0.3 is 12.6 Å². The summed E-state index contributed by atoms with van der Waals surface area (Å²) >= 11 is 0. The summed E-state index contributed by atoms with van der Waals surface area (Å²) in [6.45, 7) is -3.03. The van der Waals surface area contributed by atoms with E-state index in [9.17, 15) is 13.6 Å². The highest BCUT2D eigenvalue weighted by Gasteiger charge is 2.40. The molecule has 0 spiro atoms. The van der Waals surface area contributed by atoms with Gasteiger partial charge in [-0.2, -0.15) is 19.1 Å². The van der Waals surface area contributed by atoms with Crippen LogP contribution in [0.1, 0.15) is 30.5 Å². The molecule has 0 radical (unpaired) electrons. The van der Waals surface area contributed by atoms with Crippen molar-refractivity contribution in [1.29, 1.82) is 5.26 Å². The Balaban J connectivity index is 1.57. The predicted molar refractivity (Wildman–Crippen MR) is 101 cm³/mol. The Morgan fingerprint density at radius 2 is 2.21 bits per heavy atom. The van der Waals surface area contributed by atoms with Gasteiger partial charge in [-0.3, -0.25) is 4.68 Å². The second-order valence-electron chi connectivity index (χ2n) is 7.07. The van der Waals surface area contributed by atoms with Crippen LogP contribution in [0.4, 0.5) is 19.3 Å². The zero-order valence-corrected chi connectivity index (χ0v) is 15.7. The van der Waals surface area contributed by atoms with E-state index < -0.39 is 12.6 Å². The van der Waals surface area contributed by atoms with Crippen molar-refractivity contribution in [1.82, 2.24) is 14.7 Å². The van der Waals surface area contributed by atoms with E-state index in [0.29, 0.717) is 6.42 Å².